The SMILES string of the molecule is Cc1c(OC2CCN(c3ncc(C4CC4)cn3)CC2)c(C(=O)O)nn(-c2ccc(C#N)c(F)c2)c1=O. The molecule has 0 bridgehead atoms. The van der Waals surface area contributed by atoms with Crippen LogP contribution in [-0.2, 0) is 0 Å². The molecule has 1 aromatic carbocycles. The largest absolute Gasteiger partial charge is 0.487 e. The van der Waals surface area contributed by atoms with Gasteiger partial charge in [-0.15, -0.1) is 0 Å². The van der Waals surface area contributed by atoms with Gasteiger partial charge in [0.15, 0.2) is 5.75 Å². The van der Waals surface area contributed by atoms with Crippen LogP contribution in [0, 0.1) is 24.1 Å². The summed E-state index contributed by atoms with van der Waals surface area (Å²) >= 11 is 0. The number of nitrogens with zero attached hydrogens (tertiary/aromatic N) is 6. The molecule has 3 heterocycles. The average molecular weight is 490 g/mol. The van der Waals surface area contributed by atoms with Crippen LogP contribution in [0.2, 0.25) is 0 Å². The van der Waals surface area contributed by atoms with Gasteiger partial charge in [-0.1, -0.05) is 0 Å². The van der Waals surface area contributed by atoms with Gasteiger partial charge in [-0.25, -0.2) is 19.2 Å². The Kier molecular flexibility index (Phi) is 6.10. The zero-order chi connectivity index (χ0) is 25.4. The first kappa shape index (κ1) is 23.4. The van der Waals surface area contributed by atoms with Crippen LogP contribution in [0.25, 0.3) is 5.69 Å². The summed E-state index contributed by atoms with van der Waals surface area (Å²) in [5.41, 5.74) is -0.0561. The topological polar surface area (TPSA) is 134 Å². The highest BCUT2D eigenvalue weighted by atomic mass is 19.1. The standard InChI is InChI=1S/C25H23FN6O4/c1-14-22(21(24(34)35)30-32(23(14)33)18-5-4-16(11-27)20(26)10-18)36-19-6-8-31(9-7-19)25-28-12-17(13-29-25)15-2-3-15/h4-5,10,12-13,15,19H,2-3,6-9H2,1H3,(H,34,35). The number of rotatable bonds is 6. The highest BCUT2D eigenvalue weighted by Crippen LogP contribution is 2.39. The van der Waals surface area contributed by atoms with Crippen LogP contribution >= 0.6 is 0 Å². The molecule has 1 N–H and O–H groups in total. The lowest BCUT2D eigenvalue weighted by Crippen LogP contribution is -2.40. The number of halogens is 1. The van der Waals surface area contributed by atoms with Crippen molar-refractivity contribution in [2.45, 2.75) is 44.6 Å². The Morgan fingerprint density at radius 1 is 1.19 bits per heavy atom. The summed E-state index contributed by atoms with van der Waals surface area (Å²) in [4.78, 5) is 36.0. The smallest absolute Gasteiger partial charge is 0.360 e. The van der Waals surface area contributed by atoms with Gasteiger partial charge in [0.1, 0.15) is 18.0 Å². The third kappa shape index (κ3) is 4.49. The van der Waals surface area contributed by atoms with E-state index in [9.17, 15) is 19.1 Å². The number of carboxylic acids is 1. The molecule has 0 radical (unpaired) electrons. The lowest BCUT2D eigenvalue weighted by atomic mass is 10.1. The Labute approximate surface area is 205 Å². The maximum absolute atomic E-state index is 14.1. The lowest BCUT2D eigenvalue weighted by Gasteiger charge is -2.32. The first-order chi connectivity index (χ1) is 17.4. The quantitative estimate of drug-likeness (QED) is 0.553. The molecule has 3 aromatic rings. The summed E-state index contributed by atoms with van der Waals surface area (Å²) in [6, 6.07) is 5.20. The van der Waals surface area contributed by atoms with Crippen molar-refractivity contribution < 1.29 is 19.0 Å². The Morgan fingerprint density at radius 2 is 1.89 bits per heavy atom. The van der Waals surface area contributed by atoms with Crippen LogP contribution in [0.5, 0.6) is 5.75 Å². The second-order valence-electron chi connectivity index (χ2n) is 9.00. The third-order valence-corrected chi connectivity index (χ3v) is 6.51. The fourth-order valence-corrected chi connectivity index (χ4v) is 4.27. The van der Waals surface area contributed by atoms with Crippen molar-refractivity contribution in [3.63, 3.8) is 0 Å². The second-order valence-corrected chi connectivity index (χ2v) is 9.00. The molecule has 0 spiro atoms. The van der Waals surface area contributed by atoms with Gasteiger partial charge in [0.2, 0.25) is 11.6 Å². The zero-order valence-corrected chi connectivity index (χ0v) is 19.5. The number of ether oxygens (including phenoxy) is 1. The van der Waals surface area contributed by atoms with Gasteiger partial charge >= 0.3 is 5.97 Å². The molecule has 0 amide bonds. The summed E-state index contributed by atoms with van der Waals surface area (Å²) in [7, 11) is 0. The summed E-state index contributed by atoms with van der Waals surface area (Å²) in [6.45, 7) is 2.68. The Hall–Kier alpha value is -4.33. The molecule has 1 saturated heterocycles. The van der Waals surface area contributed by atoms with E-state index < -0.39 is 23.0 Å². The van der Waals surface area contributed by atoms with Gasteiger partial charge in [-0.3, -0.25) is 4.79 Å². The molecule has 5 rings (SSSR count). The van der Waals surface area contributed by atoms with Crippen molar-refractivity contribution in [2.24, 2.45) is 0 Å². The predicted octanol–water partition coefficient (Wildman–Crippen LogP) is 2.97. The Bertz CT molecular complexity index is 1420. The normalized spacial score (nSPS) is 16.0. The highest BCUT2D eigenvalue weighted by molar-refractivity contribution is 5.88. The molecular weight excluding hydrogens is 467 g/mol. The van der Waals surface area contributed by atoms with Crippen molar-refractivity contribution in [1.82, 2.24) is 19.7 Å². The minimum atomic E-state index is -1.38. The zero-order valence-electron chi connectivity index (χ0n) is 19.5. The number of carbonyl (C=O) groups is 1. The summed E-state index contributed by atoms with van der Waals surface area (Å²) in [5, 5.41) is 22.7. The van der Waals surface area contributed by atoms with Gasteiger partial charge in [0.25, 0.3) is 5.56 Å². The number of aromatic nitrogens is 4. The van der Waals surface area contributed by atoms with E-state index in [0.717, 1.165) is 10.7 Å². The Morgan fingerprint density at radius 3 is 2.47 bits per heavy atom. The van der Waals surface area contributed by atoms with E-state index in [4.69, 9.17) is 10.00 Å². The van der Waals surface area contributed by atoms with Gasteiger partial charge in [-0.2, -0.15) is 15.0 Å². The maximum atomic E-state index is 14.1. The van der Waals surface area contributed by atoms with E-state index in [1.165, 1.54) is 37.5 Å². The van der Waals surface area contributed by atoms with Crippen molar-refractivity contribution in [2.75, 3.05) is 18.0 Å². The number of anilines is 1. The van der Waals surface area contributed by atoms with E-state index in [0.29, 0.717) is 37.8 Å². The molecular formula is C25H23FN6O4. The van der Waals surface area contributed by atoms with Crippen LogP contribution in [0.3, 0.4) is 0 Å². The van der Waals surface area contributed by atoms with Crippen LogP contribution < -0.4 is 15.2 Å². The van der Waals surface area contributed by atoms with E-state index >= 15 is 0 Å². The van der Waals surface area contributed by atoms with E-state index in [1.807, 2.05) is 12.4 Å². The molecule has 2 aliphatic rings. The first-order valence-corrected chi connectivity index (χ1v) is 11.7. The first-order valence-electron chi connectivity index (χ1n) is 11.7. The molecule has 0 unspecified atom stereocenters. The summed E-state index contributed by atoms with van der Waals surface area (Å²) < 4.78 is 20.9. The molecule has 10 nitrogen and oxygen atoms in total. The second kappa shape index (κ2) is 9.37. The lowest BCUT2D eigenvalue weighted by molar-refractivity contribution is 0.0676. The number of hydrogen-bond acceptors (Lipinski definition) is 8. The summed E-state index contributed by atoms with van der Waals surface area (Å²) in [6.07, 6.45) is 6.97. The minimum absolute atomic E-state index is 0.00895. The third-order valence-electron chi connectivity index (χ3n) is 6.51. The van der Waals surface area contributed by atoms with E-state index in [-0.39, 0.29) is 28.7 Å². The molecule has 2 fully saturated rings. The number of piperidine rings is 1. The van der Waals surface area contributed by atoms with Gasteiger partial charge in [-0.05, 0) is 43.4 Å². The number of carboxylic acid groups (broad SMARTS) is 1. The fourth-order valence-electron chi connectivity index (χ4n) is 4.27. The van der Waals surface area contributed by atoms with Crippen molar-refractivity contribution in [3.05, 3.63) is 69.1 Å². The van der Waals surface area contributed by atoms with Crippen LogP contribution in [0.4, 0.5) is 10.3 Å². The van der Waals surface area contributed by atoms with Crippen LogP contribution in [0.15, 0.2) is 35.4 Å². The minimum Gasteiger partial charge on any atom is -0.487 e. The van der Waals surface area contributed by atoms with Gasteiger partial charge in [0.05, 0.1) is 16.8 Å². The van der Waals surface area contributed by atoms with Crippen LogP contribution in [-0.4, -0.2) is 50.0 Å². The monoisotopic (exact) mass is 490 g/mol. The molecule has 1 aliphatic heterocycles. The highest BCUT2D eigenvalue weighted by Gasteiger charge is 2.29. The van der Waals surface area contributed by atoms with Crippen LogP contribution in [0.1, 0.15) is 58.8 Å². The Balaban J connectivity index is 1.35. The average Bonchev–Trinajstić information content (AvgIpc) is 3.73. The van der Waals surface area contributed by atoms with Crippen molar-refractivity contribution in [1.29, 1.82) is 5.26 Å². The van der Waals surface area contributed by atoms with E-state index in [1.54, 1.807) is 6.07 Å². The molecule has 1 saturated carbocycles. The number of nitriles is 1. The van der Waals surface area contributed by atoms with Crippen molar-refractivity contribution >= 4 is 11.9 Å². The van der Waals surface area contributed by atoms with Gasteiger partial charge < -0.3 is 14.7 Å². The molecule has 0 atom stereocenters. The molecule has 184 valence electrons. The number of benzene rings is 1. The molecule has 2 aromatic heterocycles. The van der Waals surface area contributed by atoms with Crippen molar-refractivity contribution in [3.8, 4) is 17.5 Å². The molecule has 11 heteroatoms. The number of aromatic carboxylic acids is 1. The van der Waals surface area contributed by atoms with E-state index in [2.05, 4.69) is 20.0 Å². The molecule has 1 aliphatic carbocycles. The summed E-state index contributed by atoms with van der Waals surface area (Å²) in [5.74, 6) is -1.07. The number of hydrogen-bond donors (Lipinski definition) is 1. The predicted molar refractivity (Wildman–Crippen MR) is 126 cm³/mol. The molecule has 36 heavy (non-hydrogen) atoms. The van der Waals surface area contributed by atoms with Gasteiger partial charge in [0, 0.05) is 44.4 Å². The fraction of sp³-hybridized carbons (Fsp3) is 0.360. The maximum Gasteiger partial charge on any atom is 0.360 e.